The molecule has 1 saturated heterocycles. The number of alkyl halides is 3. The molecule has 37 heavy (non-hydrogen) atoms. The van der Waals surface area contributed by atoms with E-state index >= 15 is 0 Å². The molecule has 0 unspecified atom stereocenters. The van der Waals surface area contributed by atoms with Crippen LogP contribution in [0.2, 0.25) is 0 Å². The van der Waals surface area contributed by atoms with E-state index in [0.717, 1.165) is 62.0 Å². The summed E-state index contributed by atoms with van der Waals surface area (Å²) in [6.45, 7) is 1.69. The van der Waals surface area contributed by atoms with Gasteiger partial charge in [-0.3, -0.25) is 9.69 Å². The largest absolute Gasteiger partial charge is 0.481 e. The summed E-state index contributed by atoms with van der Waals surface area (Å²) in [5, 5.41) is 10.0. The molecule has 1 aliphatic carbocycles. The summed E-state index contributed by atoms with van der Waals surface area (Å²) in [5.41, 5.74) is 2.02. The molecule has 2 fully saturated rings. The number of carbonyl (C=O) groups is 1. The number of likely N-dealkylation sites (tertiary alicyclic amines) is 1. The van der Waals surface area contributed by atoms with Crippen molar-refractivity contribution in [2.24, 2.45) is 0 Å². The number of aliphatic carboxylic acids is 1. The Labute approximate surface area is 213 Å². The van der Waals surface area contributed by atoms with E-state index in [1.165, 1.54) is 24.3 Å². The van der Waals surface area contributed by atoms with Gasteiger partial charge in [0.2, 0.25) is 0 Å². The van der Waals surface area contributed by atoms with Crippen molar-refractivity contribution in [3.63, 3.8) is 0 Å². The van der Waals surface area contributed by atoms with E-state index in [0.29, 0.717) is 29.5 Å². The maximum absolute atomic E-state index is 13.8. The number of benzene rings is 3. The fourth-order valence-corrected chi connectivity index (χ4v) is 5.75. The van der Waals surface area contributed by atoms with Crippen LogP contribution in [0.15, 0.2) is 66.7 Å². The minimum atomic E-state index is -4.45. The molecule has 3 aromatic rings. The molecule has 0 radical (unpaired) electrons. The number of carboxylic acid groups (broad SMARTS) is 1. The average Bonchev–Trinajstić information content (AvgIpc) is 2.85. The van der Waals surface area contributed by atoms with Gasteiger partial charge in [0, 0.05) is 0 Å². The molecular weight excluding hydrogens is 482 g/mol. The zero-order valence-corrected chi connectivity index (χ0v) is 20.4. The standard InChI is InChI=1S/C30H29F4NO2/c31-24-12-7-21(8-13-24)27(35-17-2-1-3-18-35)25-14-11-23(29(28(36)37)15-4-16-29)19-26(25)20-5-9-22(10-6-20)30(32,33)34/h5-14,19,27H,1-4,15-18H2,(H,36,37)/t27-/m0/s1. The van der Waals surface area contributed by atoms with E-state index in [4.69, 9.17) is 0 Å². The van der Waals surface area contributed by atoms with Crippen molar-refractivity contribution in [2.75, 3.05) is 13.1 Å². The highest BCUT2D eigenvalue weighted by atomic mass is 19.4. The minimum absolute atomic E-state index is 0.241. The second-order valence-corrected chi connectivity index (χ2v) is 10.2. The van der Waals surface area contributed by atoms with Crippen molar-refractivity contribution < 1.29 is 27.5 Å². The summed E-state index contributed by atoms with van der Waals surface area (Å²) in [5.74, 6) is -1.22. The van der Waals surface area contributed by atoms with E-state index in [2.05, 4.69) is 4.90 Å². The van der Waals surface area contributed by atoms with Gasteiger partial charge in [-0.1, -0.05) is 49.2 Å². The Morgan fingerprint density at radius 2 is 1.51 bits per heavy atom. The highest BCUT2D eigenvalue weighted by molar-refractivity contribution is 5.84. The van der Waals surface area contributed by atoms with Crippen molar-refractivity contribution >= 4 is 5.97 Å². The third-order valence-electron chi connectivity index (χ3n) is 7.98. The summed E-state index contributed by atoms with van der Waals surface area (Å²) < 4.78 is 53.7. The van der Waals surface area contributed by atoms with E-state index in [1.54, 1.807) is 12.1 Å². The van der Waals surface area contributed by atoms with Gasteiger partial charge in [0.05, 0.1) is 17.0 Å². The van der Waals surface area contributed by atoms with Crippen LogP contribution in [0, 0.1) is 5.82 Å². The third kappa shape index (κ3) is 4.89. The molecule has 0 bridgehead atoms. The molecule has 1 saturated carbocycles. The Bertz CT molecular complexity index is 1260. The Hall–Kier alpha value is -3.19. The molecule has 0 aromatic heterocycles. The highest BCUT2D eigenvalue weighted by Gasteiger charge is 2.46. The molecule has 1 heterocycles. The third-order valence-corrected chi connectivity index (χ3v) is 7.98. The lowest BCUT2D eigenvalue weighted by molar-refractivity contribution is -0.147. The molecule has 7 heteroatoms. The van der Waals surface area contributed by atoms with Crippen molar-refractivity contribution in [1.29, 1.82) is 0 Å². The van der Waals surface area contributed by atoms with Crippen LogP contribution in [0.25, 0.3) is 11.1 Å². The van der Waals surface area contributed by atoms with E-state index in [-0.39, 0.29) is 11.9 Å². The summed E-state index contributed by atoms with van der Waals surface area (Å²) in [4.78, 5) is 14.6. The van der Waals surface area contributed by atoms with E-state index in [9.17, 15) is 27.5 Å². The van der Waals surface area contributed by atoms with Crippen LogP contribution < -0.4 is 0 Å². The minimum Gasteiger partial charge on any atom is -0.481 e. The fraction of sp³-hybridized carbons (Fsp3) is 0.367. The van der Waals surface area contributed by atoms with Crippen LogP contribution in [-0.2, 0) is 16.4 Å². The van der Waals surface area contributed by atoms with Gasteiger partial charge >= 0.3 is 12.1 Å². The summed E-state index contributed by atoms with van der Waals surface area (Å²) in [6.07, 6.45) is 0.589. The first kappa shape index (κ1) is 25.5. The van der Waals surface area contributed by atoms with Gasteiger partial charge in [-0.15, -0.1) is 0 Å². The van der Waals surface area contributed by atoms with Crippen LogP contribution in [0.3, 0.4) is 0 Å². The number of rotatable bonds is 6. The van der Waals surface area contributed by atoms with Gasteiger partial charge < -0.3 is 5.11 Å². The van der Waals surface area contributed by atoms with Crippen LogP contribution in [0.1, 0.15) is 66.8 Å². The van der Waals surface area contributed by atoms with Gasteiger partial charge in [0.15, 0.2) is 0 Å². The van der Waals surface area contributed by atoms with Gasteiger partial charge in [-0.2, -0.15) is 13.2 Å². The van der Waals surface area contributed by atoms with Crippen LogP contribution in [-0.4, -0.2) is 29.1 Å². The van der Waals surface area contributed by atoms with Crippen molar-refractivity contribution in [2.45, 2.75) is 56.2 Å². The quantitative estimate of drug-likeness (QED) is 0.347. The molecule has 0 spiro atoms. The molecule has 1 aliphatic heterocycles. The number of hydrogen-bond acceptors (Lipinski definition) is 2. The zero-order chi connectivity index (χ0) is 26.2. The molecule has 3 nitrogen and oxygen atoms in total. The van der Waals surface area contributed by atoms with Crippen molar-refractivity contribution in [3.8, 4) is 11.1 Å². The fourth-order valence-electron chi connectivity index (χ4n) is 5.75. The number of nitrogens with zero attached hydrogens (tertiary/aromatic N) is 1. The average molecular weight is 512 g/mol. The van der Waals surface area contributed by atoms with E-state index in [1.807, 2.05) is 18.2 Å². The summed E-state index contributed by atoms with van der Waals surface area (Å²) in [7, 11) is 0. The van der Waals surface area contributed by atoms with Crippen LogP contribution >= 0.6 is 0 Å². The van der Waals surface area contributed by atoms with Crippen molar-refractivity contribution in [3.05, 3.63) is 94.8 Å². The van der Waals surface area contributed by atoms with Crippen LogP contribution in [0.4, 0.5) is 17.6 Å². The molecule has 0 amide bonds. The lowest BCUT2D eigenvalue weighted by Crippen LogP contribution is -2.42. The van der Waals surface area contributed by atoms with Crippen LogP contribution in [0.5, 0.6) is 0 Å². The first-order valence-electron chi connectivity index (χ1n) is 12.7. The van der Waals surface area contributed by atoms with E-state index < -0.39 is 23.1 Å². The Morgan fingerprint density at radius 1 is 0.865 bits per heavy atom. The number of piperidine rings is 1. The maximum atomic E-state index is 13.8. The number of hydrogen-bond donors (Lipinski definition) is 1. The number of carboxylic acids is 1. The number of halogens is 4. The second-order valence-electron chi connectivity index (χ2n) is 10.2. The highest BCUT2D eigenvalue weighted by Crippen LogP contribution is 2.47. The van der Waals surface area contributed by atoms with Gasteiger partial charge in [-0.25, -0.2) is 4.39 Å². The lowest BCUT2D eigenvalue weighted by atomic mass is 9.64. The normalized spacial score (nSPS) is 18.7. The Balaban J connectivity index is 1.69. The monoisotopic (exact) mass is 511 g/mol. The Morgan fingerprint density at radius 3 is 2.05 bits per heavy atom. The molecule has 2 aliphatic rings. The molecule has 1 N–H and O–H groups in total. The lowest BCUT2D eigenvalue weighted by Gasteiger charge is -2.40. The molecule has 5 rings (SSSR count). The predicted octanol–water partition coefficient (Wildman–Crippen LogP) is 7.59. The molecule has 194 valence electrons. The van der Waals surface area contributed by atoms with Gasteiger partial charge in [0.25, 0.3) is 0 Å². The van der Waals surface area contributed by atoms with Gasteiger partial charge in [0.1, 0.15) is 5.82 Å². The second kappa shape index (κ2) is 9.93. The summed E-state index contributed by atoms with van der Waals surface area (Å²) in [6, 6.07) is 16.8. The van der Waals surface area contributed by atoms with Gasteiger partial charge in [-0.05, 0) is 96.9 Å². The smallest absolute Gasteiger partial charge is 0.416 e. The summed E-state index contributed by atoms with van der Waals surface area (Å²) >= 11 is 0. The maximum Gasteiger partial charge on any atom is 0.416 e. The molecule has 3 aromatic carbocycles. The Kier molecular flexibility index (Phi) is 6.84. The first-order chi connectivity index (χ1) is 17.7. The predicted molar refractivity (Wildman–Crippen MR) is 134 cm³/mol. The molecule has 1 atom stereocenters. The molecular formula is C30H29F4NO2. The SMILES string of the molecule is O=C(O)C1(c2ccc([C@H](c3ccc(F)cc3)N3CCCCC3)c(-c3ccc(C(F)(F)F)cc3)c2)CCC1. The topological polar surface area (TPSA) is 40.5 Å². The van der Waals surface area contributed by atoms with Crippen molar-refractivity contribution in [1.82, 2.24) is 4.90 Å². The first-order valence-corrected chi connectivity index (χ1v) is 12.7. The zero-order valence-electron chi connectivity index (χ0n) is 20.4.